The number of carbonyl (C=O) groups is 1. The molecule has 1 unspecified atom stereocenters. The molecule has 6 rings (SSSR count). The van der Waals surface area contributed by atoms with Gasteiger partial charge in [-0.1, -0.05) is 26.0 Å². The van der Waals surface area contributed by atoms with Crippen molar-refractivity contribution in [1.29, 1.82) is 0 Å². The number of aliphatic carboxylic acids is 1. The van der Waals surface area contributed by atoms with E-state index in [4.69, 9.17) is 18.9 Å². The highest BCUT2D eigenvalue weighted by atomic mass is 16.5. The van der Waals surface area contributed by atoms with Gasteiger partial charge in [0.05, 0.1) is 46.5 Å². The molecule has 4 aliphatic rings. The average Bonchev–Trinajstić information content (AvgIpc) is 3.08. The highest BCUT2D eigenvalue weighted by molar-refractivity contribution is 5.81. The van der Waals surface area contributed by atoms with Crippen LogP contribution in [-0.2, 0) is 19.0 Å². The molecule has 44 heavy (non-hydrogen) atoms. The molecule has 2 saturated heterocycles. The SMILES string of the molecule is CC.COc1ccc(-c2ccc(N3CCOCC3)cc2)c(N2CCC(COC3=CC4=C(CN3)OCCC4CC(=O)O)CC2)c1. The number of morpholine rings is 1. The summed E-state index contributed by atoms with van der Waals surface area (Å²) in [5, 5.41) is 12.6. The number of carboxylic acid groups (broad SMARTS) is 1. The number of hydrogen-bond donors (Lipinski definition) is 2. The van der Waals surface area contributed by atoms with E-state index < -0.39 is 5.97 Å². The number of nitrogens with one attached hydrogen (secondary N) is 1. The molecule has 238 valence electrons. The minimum absolute atomic E-state index is 0.0252. The molecular weight excluding hydrogens is 558 g/mol. The Labute approximate surface area is 261 Å². The lowest BCUT2D eigenvalue weighted by molar-refractivity contribution is -0.138. The molecule has 9 heteroatoms. The summed E-state index contributed by atoms with van der Waals surface area (Å²) in [6.07, 6.45) is 4.84. The van der Waals surface area contributed by atoms with E-state index in [1.165, 1.54) is 22.5 Å². The number of anilines is 2. The Hall–Kier alpha value is -3.85. The van der Waals surface area contributed by atoms with Crippen molar-refractivity contribution < 1.29 is 28.8 Å². The molecule has 0 spiro atoms. The van der Waals surface area contributed by atoms with Crippen LogP contribution in [0.25, 0.3) is 11.1 Å². The van der Waals surface area contributed by atoms with Gasteiger partial charge in [0.25, 0.3) is 0 Å². The summed E-state index contributed by atoms with van der Waals surface area (Å²) in [5.74, 6) is 2.06. The van der Waals surface area contributed by atoms with Gasteiger partial charge in [-0.3, -0.25) is 4.79 Å². The predicted molar refractivity (Wildman–Crippen MR) is 173 cm³/mol. The second-order valence-electron chi connectivity index (χ2n) is 11.4. The van der Waals surface area contributed by atoms with Crippen LogP contribution in [-0.4, -0.2) is 77.3 Å². The van der Waals surface area contributed by atoms with Gasteiger partial charge in [0, 0.05) is 66.8 Å². The molecule has 4 aliphatic heterocycles. The van der Waals surface area contributed by atoms with Gasteiger partial charge in [0.1, 0.15) is 11.5 Å². The van der Waals surface area contributed by atoms with Crippen LogP contribution < -0.4 is 19.9 Å². The molecule has 0 aromatic heterocycles. The third-order valence-electron chi connectivity index (χ3n) is 8.82. The number of hydrogen-bond acceptors (Lipinski definition) is 8. The number of methoxy groups -OCH3 is 1. The van der Waals surface area contributed by atoms with Crippen molar-refractivity contribution >= 4 is 17.3 Å². The zero-order chi connectivity index (χ0) is 30.9. The zero-order valence-electron chi connectivity index (χ0n) is 26.3. The maximum Gasteiger partial charge on any atom is 0.303 e. The van der Waals surface area contributed by atoms with Crippen LogP contribution in [0.4, 0.5) is 11.4 Å². The van der Waals surface area contributed by atoms with Crippen LogP contribution in [0, 0.1) is 11.8 Å². The molecule has 4 heterocycles. The van der Waals surface area contributed by atoms with E-state index in [0.717, 1.165) is 75.7 Å². The Kier molecular flexibility index (Phi) is 10.9. The van der Waals surface area contributed by atoms with E-state index in [-0.39, 0.29) is 12.3 Å². The minimum atomic E-state index is -0.779. The van der Waals surface area contributed by atoms with Crippen LogP contribution in [0.1, 0.15) is 39.5 Å². The fourth-order valence-electron chi connectivity index (χ4n) is 6.38. The van der Waals surface area contributed by atoms with E-state index in [9.17, 15) is 9.90 Å². The first-order valence-corrected chi connectivity index (χ1v) is 16.1. The quantitative estimate of drug-likeness (QED) is 0.375. The summed E-state index contributed by atoms with van der Waals surface area (Å²) >= 11 is 0. The number of rotatable bonds is 9. The molecule has 2 N–H and O–H groups in total. The first-order valence-electron chi connectivity index (χ1n) is 16.1. The largest absolute Gasteiger partial charge is 0.497 e. The summed E-state index contributed by atoms with van der Waals surface area (Å²) in [6, 6.07) is 15.2. The standard InChI is InChI=1S/C33H41N3O6.C2H6/c1-39-27-6-7-28(24-2-4-26(5-3-24)35-13-16-40-17-14-35)30(19-27)36-11-8-23(9-12-36)22-42-32-20-29-25(18-33(37)38)10-15-41-31(29)21-34-32;1-2/h2-7,19-20,23,25,34H,8-18,21-22H2,1H3,(H,37,38);1-2H3. The Balaban J connectivity index is 0.00000188. The maximum absolute atomic E-state index is 11.3. The summed E-state index contributed by atoms with van der Waals surface area (Å²) in [5.41, 5.74) is 5.82. The number of benzene rings is 2. The van der Waals surface area contributed by atoms with E-state index in [2.05, 4.69) is 51.5 Å². The second-order valence-corrected chi connectivity index (χ2v) is 11.4. The molecule has 0 saturated carbocycles. The lowest BCUT2D eigenvalue weighted by Crippen LogP contribution is -2.36. The van der Waals surface area contributed by atoms with Crippen molar-refractivity contribution in [2.75, 3.05) is 76.1 Å². The van der Waals surface area contributed by atoms with Crippen molar-refractivity contribution in [2.45, 2.75) is 39.5 Å². The third-order valence-corrected chi connectivity index (χ3v) is 8.82. The fourth-order valence-corrected chi connectivity index (χ4v) is 6.38. The van der Waals surface area contributed by atoms with Crippen molar-refractivity contribution in [3.05, 3.63) is 65.8 Å². The highest BCUT2D eigenvalue weighted by Gasteiger charge is 2.29. The number of nitrogens with zero attached hydrogens (tertiary/aromatic N) is 2. The summed E-state index contributed by atoms with van der Waals surface area (Å²) in [7, 11) is 1.72. The number of ether oxygens (including phenoxy) is 4. The third kappa shape index (κ3) is 7.62. The first kappa shape index (κ1) is 31.6. The Morgan fingerprint density at radius 2 is 1.73 bits per heavy atom. The molecule has 1 atom stereocenters. The fraction of sp³-hybridized carbons (Fsp3) is 0.514. The smallest absolute Gasteiger partial charge is 0.303 e. The lowest BCUT2D eigenvalue weighted by atomic mass is 9.88. The number of dihydropyridines is 1. The molecule has 9 nitrogen and oxygen atoms in total. The Morgan fingerprint density at radius 1 is 0.977 bits per heavy atom. The molecule has 0 radical (unpaired) electrons. The van der Waals surface area contributed by atoms with Crippen LogP contribution in [0.2, 0.25) is 0 Å². The van der Waals surface area contributed by atoms with Gasteiger partial charge in [-0.25, -0.2) is 0 Å². The molecular formula is C35H47N3O6. The lowest BCUT2D eigenvalue weighted by Gasteiger charge is -2.35. The van der Waals surface area contributed by atoms with Gasteiger partial charge in [-0.15, -0.1) is 0 Å². The van der Waals surface area contributed by atoms with E-state index >= 15 is 0 Å². The zero-order valence-corrected chi connectivity index (χ0v) is 26.3. The second kappa shape index (κ2) is 15.2. The minimum Gasteiger partial charge on any atom is -0.497 e. The summed E-state index contributed by atoms with van der Waals surface area (Å²) < 4.78 is 23.1. The normalized spacial score (nSPS) is 20.3. The number of allylic oxidation sites excluding steroid dienone is 2. The molecule has 2 aromatic carbocycles. The number of piperidine rings is 1. The number of carboxylic acids is 1. The van der Waals surface area contributed by atoms with Crippen LogP contribution in [0.3, 0.4) is 0 Å². The molecule has 2 fully saturated rings. The van der Waals surface area contributed by atoms with Gasteiger partial charge in [0.15, 0.2) is 5.88 Å². The predicted octanol–water partition coefficient (Wildman–Crippen LogP) is 5.67. The molecule has 2 aromatic rings. The van der Waals surface area contributed by atoms with Gasteiger partial charge in [0.2, 0.25) is 0 Å². The molecule has 0 amide bonds. The molecule has 0 bridgehead atoms. The van der Waals surface area contributed by atoms with Crippen molar-refractivity contribution in [3.8, 4) is 16.9 Å². The van der Waals surface area contributed by atoms with Crippen LogP contribution in [0.5, 0.6) is 5.75 Å². The van der Waals surface area contributed by atoms with Gasteiger partial charge in [-0.2, -0.15) is 0 Å². The average molecular weight is 606 g/mol. The van der Waals surface area contributed by atoms with Crippen molar-refractivity contribution in [2.24, 2.45) is 11.8 Å². The van der Waals surface area contributed by atoms with Gasteiger partial charge >= 0.3 is 5.97 Å². The van der Waals surface area contributed by atoms with Crippen LogP contribution >= 0.6 is 0 Å². The first-order chi connectivity index (χ1) is 21.6. The van der Waals surface area contributed by atoms with Crippen molar-refractivity contribution in [3.63, 3.8) is 0 Å². The van der Waals surface area contributed by atoms with Gasteiger partial charge in [-0.05, 0) is 55.0 Å². The Bertz CT molecular complexity index is 1310. The summed E-state index contributed by atoms with van der Waals surface area (Å²) in [4.78, 5) is 16.2. The van der Waals surface area contributed by atoms with E-state index in [1.54, 1.807) is 7.11 Å². The van der Waals surface area contributed by atoms with E-state index in [1.807, 2.05) is 26.0 Å². The Morgan fingerprint density at radius 3 is 2.43 bits per heavy atom. The maximum atomic E-state index is 11.3. The van der Waals surface area contributed by atoms with E-state index in [0.29, 0.717) is 31.6 Å². The topological polar surface area (TPSA) is 92.7 Å². The summed E-state index contributed by atoms with van der Waals surface area (Å²) in [6.45, 7) is 11.0. The van der Waals surface area contributed by atoms with Crippen LogP contribution in [0.15, 0.2) is 65.8 Å². The van der Waals surface area contributed by atoms with Gasteiger partial charge < -0.3 is 39.2 Å². The van der Waals surface area contributed by atoms with Crippen molar-refractivity contribution in [1.82, 2.24) is 5.32 Å². The highest BCUT2D eigenvalue weighted by Crippen LogP contribution is 2.37. The molecule has 0 aliphatic carbocycles. The monoisotopic (exact) mass is 605 g/mol.